The molecule has 5 nitrogen and oxygen atoms in total. The fraction of sp³-hybridized carbons (Fsp3) is 0.143. The summed E-state index contributed by atoms with van der Waals surface area (Å²) in [6, 6.07) is 9.16. The van der Waals surface area contributed by atoms with Crippen LogP contribution in [0, 0.1) is 15.9 Å². The Morgan fingerprint density at radius 1 is 1.33 bits per heavy atom. The van der Waals surface area contributed by atoms with Gasteiger partial charge in [-0.1, -0.05) is 6.07 Å². The van der Waals surface area contributed by atoms with Gasteiger partial charge in [0.25, 0.3) is 5.69 Å². The zero-order valence-corrected chi connectivity index (χ0v) is 12.7. The van der Waals surface area contributed by atoms with Crippen molar-refractivity contribution in [2.24, 2.45) is 0 Å². The summed E-state index contributed by atoms with van der Waals surface area (Å²) in [6.07, 6.45) is 0. The van der Waals surface area contributed by atoms with Crippen LogP contribution < -0.4 is 10.1 Å². The number of anilines is 1. The number of nitrogens with one attached hydrogen (secondary N) is 1. The van der Waals surface area contributed by atoms with E-state index in [-0.39, 0.29) is 12.3 Å². The highest BCUT2D eigenvalue weighted by molar-refractivity contribution is 9.10. The lowest BCUT2D eigenvalue weighted by Crippen LogP contribution is -2.00. The van der Waals surface area contributed by atoms with Crippen molar-refractivity contribution < 1.29 is 14.1 Å². The van der Waals surface area contributed by atoms with Gasteiger partial charge < -0.3 is 10.1 Å². The van der Waals surface area contributed by atoms with Gasteiger partial charge in [0.05, 0.1) is 9.40 Å². The van der Waals surface area contributed by atoms with E-state index in [0.717, 1.165) is 0 Å². The third-order valence-electron chi connectivity index (χ3n) is 2.82. The number of halogens is 2. The third-order valence-corrected chi connectivity index (χ3v) is 3.47. The van der Waals surface area contributed by atoms with Crippen molar-refractivity contribution in [1.82, 2.24) is 0 Å². The van der Waals surface area contributed by atoms with E-state index in [9.17, 15) is 14.5 Å². The Morgan fingerprint density at radius 3 is 2.71 bits per heavy atom. The molecule has 0 saturated carbocycles. The highest BCUT2D eigenvalue weighted by Crippen LogP contribution is 2.26. The van der Waals surface area contributed by atoms with Gasteiger partial charge in [-0.25, -0.2) is 4.39 Å². The first-order valence-corrected chi connectivity index (χ1v) is 6.83. The maximum absolute atomic E-state index is 13.3. The molecule has 0 aromatic heterocycles. The largest absolute Gasteiger partial charge is 0.489 e. The van der Waals surface area contributed by atoms with Gasteiger partial charge in [-0.3, -0.25) is 10.1 Å². The zero-order chi connectivity index (χ0) is 15.4. The molecule has 0 aliphatic heterocycles. The molecule has 110 valence electrons. The molecule has 7 heteroatoms. The highest BCUT2D eigenvalue weighted by Gasteiger charge is 2.13. The Bertz CT molecular complexity index is 679. The SMILES string of the molecule is CNc1ccc(COc2ccc(Br)c(F)c2)cc1[N+](=O)[O-]. The molecule has 0 radical (unpaired) electrons. The van der Waals surface area contributed by atoms with Gasteiger partial charge in [-0.2, -0.15) is 0 Å². The molecule has 0 heterocycles. The first kappa shape index (κ1) is 15.2. The molecule has 0 bridgehead atoms. The smallest absolute Gasteiger partial charge is 0.292 e. The molecule has 0 amide bonds. The average molecular weight is 355 g/mol. The van der Waals surface area contributed by atoms with Crippen LogP contribution >= 0.6 is 15.9 Å². The molecule has 2 rings (SSSR count). The quantitative estimate of drug-likeness (QED) is 0.647. The van der Waals surface area contributed by atoms with E-state index < -0.39 is 10.7 Å². The molecule has 0 aliphatic rings. The van der Waals surface area contributed by atoms with E-state index in [0.29, 0.717) is 21.5 Å². The summed E-state index contributed by atoms with van der Waals surface area (Å²) in [5.74, 6) is -0.0694. The van der Waals surface area contributed by atoms with Crippen LogP contribution in [0.1, 0.15) is 5.56 Å². The van der Waals surface area contributed by atoms with Crippen molar-refractivity contribution in [2.45, 2.75) is 6.61 Å². The second kappa shape index (κ2) is 6.53. The van der Waals surface area contributed by atoms with E-state index in [2.05, 4.69) is 21.2 Å². The molecule has 0 saturated heterocycles. The van der Waals surface area contributed by atoms with E-state index >= 15 is 0 Å². The Hall–Kier alpha value is -2.15. The minimum absolute atomic E-state index is 0.0272. The molecule has 0 fully saturated rings. The number of hydrogen-bond donors (Lipinski definition) is 1. The summed E-state index contributed by atoms with van der Waals surface area (Å²) in [7, 11) is 1.61. The topological polar surface area (TPSA) is 64.4 Å². The Labute approximate surface area is 129 Å². The molecule has 1 N–H and O–H groups in total. The van der Waals surface area contributed by atoms with Gasteiger partial charge in [-0.15, -0.1) is 0 Å². The van der Waals surface area contributed by atoms with Crippen molar-refractivity contribution in [3.8, 4) is 5.75 Å². The highest BCUT2D eigenvalue weighted by atomic mass is 79.9. The Kier molecular flexibility index (Phi) is 4.74. The lowest BCUT2D eigenvalue weighted by atomic mass is 10.2. The summed E-state index contributed by atoms with van der Waals surface area (Å²) in [6.45, 7) is 0.117. The molecule has 2 aromatic rings. The summed E-state index contributed by atoms with van der Waals surface area (Å²) < 4.78 is 19.1. The van der Waals surface area contributed by atoms with Gasteiger partial charge in [0.1, 0.15) is 23.9 Å². The van der Waals surface area contributed by atoms with Crippen LogP contribution in [0.25, 0.3) is 0 Å². The molecular weight excluding hydrogens is 343 g/mol. The Morgan fingerprint density at radius 2 is 2.10 bits per heavy atom. The molecule has 0 aliphatic carbocycles. The summed E-state index contributed by atoms with van der Waals surface area (Å²) in [4.78, 5) is 10.5. The van der Waals surface area contributed by atoms with Crippen LogP contribution in [0.15, 0.2) is 40.9 Å². The zero-order valence-electron chi connectivity index (χ0n) is 11.1. The van der Waals surface area contributed by atoms with Crippen molar-refractivity contribution in [3.63, 3.8) is 0 Å². The molecule has 2 aromatic carbocycles. The second-order valence-electron chi connectivity index (χ2n) is 4.22. The standard InChI is InChI=1S/C14H12BrFN2O3/c1-17-13-5-2-9(6-14(13)18(19)20)8-21-10-3-4-11(15)12(16)7-10/h2-7,17H,8H2,1H3. The summed E-state index contributed by atoms with van der Waals surface area (Å²) in [5, 5.41) is 13.7. The van der Waals surface area contributed by atoms with Gasteiger partial charge in [0.15, 0.2) is 0 Å². The van der Waals surface area contributed by atoms with Crippen LogP contribution in [0.5, 0.6) is 5.75 Å². The van der Waals surface area contributed by atoms with Crippen LogP contribution in [-0.2, 0) is 6.61 Å². The maximum Gasteiger partial charge on any atom is 0.292 e. The van der Waals surface area contributed by atoms with E-state index in [1.165, 1.54) is 18.2 Å². The van der Waals surface area contributed by atoms with Gasteiger partial charge >= 0.3 is 0 Å². The summed E-state index contributed by atoms with van der Waals surface area (Å²) >= 11 is 3.05. The number of hydrogen-bond acceptors (Lipinski definition) is 4. The molecular formula is C14H12BrFN2O3. The minimum Gasteiger partial charge on any atom is -0.489 e. The number of ether oxygens (including phenoxy) is 1. The van der Waals surface area contributed by atoms with Crippen LogP contribution in [-0.4, -0.2) is 12.0 Å². The van der Waals surface area contributed by atoms with Crippen molar-refractivity contribution in [3.05, 3.63) is 62.4 Å². The monoisotopic (exact) mass is 354 g/mol. The summed E-state index contributed by atoms with van der Waals surface area (Å²) in [5.41, 5.74) is 1.03. The number of nitro groups is 1. The van der Waals surface area contributed by atoms with Crippen LogP contribution in [0.4, 0.5) is 15.8 Å². The van der Waals surface area contributed by atoms with E-state index in [4.69, 9.17) is 4.74 Å². The fourth-order valence-electron chi connectivity index (χ4n) is 1.76. The van der Waals surface area contributed by atoms with Gasteiger partial charge in [0.2, 0.25) is 0 Å². The minimum atomic E-state index is -0.464. The molecule has 0 atom stereocenters. The third kappa shape index (κ3) is 3.69. The predicted octanol–water partition coefficient (Wildman–Crippen LogP) is 4.12. The van der Waals surface area contributed by atoms with E-state index in [1.807, 2.05) is 0 Å². The Balaban J connectivity index is 2.14. The molecule has 21 heavy (non-hydrogen) atoms. The normalized spacial score (nSPS) is 10.2. The number of nitrogens with zero attached hydrogens (tertiary/aromatic N) is 1. The van der Waals surface area contributed by atoms with Crippen LogP contribution in [0.3, 0.4) is 0 Å². The van der Waals surface area contributed by atoms with Gasteiger partial charge in [-0.05, 0) is 39.7 Å². The molecule has 0 unspecified atom stereocenters. The van der Waals surface area contributed by atoms with Gasteiger partial charge in [0, 0.05) is 19.2 Å². The van der Waals surface area contributed by atoms with Crippen LogP contribution in [0.2, 0.25) is 0 Å². The fourth-order valence-corrected chi connectivity index (χ4v) is 2.01. The van der Waals surface area contributed by atoms with E-state index in [1.54, 1.807) is 25.2 Å². The number of nitro benzene ring substituents is 1. The van der Waals surface area contributed by atoms with Crippen molar-refractivity contribution >= 4 is 27.3 Å². The first-order valence-electron chi connectivity index (χ1n) is 6.04. The lowest BCUT2D eigenvalue weighted by Gasteiger charge is -2.08. The number of benzene rings is 2. The first-order chi connectivity index (χ1) is 10.0. The lowest BCUT2D eigenvalue weighted by molar-refractivity contribution is -0.384. The average Bonchev–Trinajstić information content (AvgIpc) is 2.48. The molecule has 0 spiro atoms. The maximum atomic E-state index is 13.3. The second-order valence-corrected chi connectivity index (χ2v) is 5.08. The predicted molar refractivity (Wildman–Crippen MR) is 81.1 cm³/mol. The number of rotatable bonds is 5. The van der Waals surface area contributed by atoms with Crippen molar-refractivity contribution in [1.29, 1.82) is 0 Å². The van der Waals surface area contributed by atoms with Crippen molar-refractivity contribution in [2.75, 3.05) is 12.4 Å².